The van der Waals surface area contributed by atoms with Gasteiger partial charge >= 0.3 is 52.4 Å². The van der Waals surface area contributed by atoms with Gasteiger partial charge in [0.2, 0.25) is 0 Å². The van der Waals surface area contributed by atoms with E-state index in [2.05, 4.69) is 256 Å². The fraction of sp³-hybridized carbons (Fsp3) is 0.471. The molecule has 0 heterocycles. The molecule has 0 N–H and O–H groups in total. The summed E-state index contributed by atoms with van der Waals surface area (Å²) >= 11 is 0. The van der Waals surface area contributed by atoms with Crippen molar-refractivity contribution in [3.05, 3.63) is 146 Å². The molecule has 0 aliphatic rings. The van der Waals surface area contributed by atoms with Crippen molar-refractivity contribution in [3.8, 4) is 0 Å². The number of hydrogen-bond acceptors (Lipinski definition) is 0. The number of benzene rings is 4. The predicted molar refractivity (Wildman–Crippen MR) is 342 cm³/mol. The third-order valence-electron chi connectivity index (χ3n) is 16.1. The maximum Gasteiger partial charge on any atom is 2.00 e. The average Bonchev–Trinajstić information content (AvgIpc) is 4.23. The fourth-order valence-corrected chi connectivity index (χ4v) is 23.5. The maximum atomic E-state index is 2.43. The average molecular weight is 1290 g/mol. The van der Waals surface area contributed by atoms with Crippen molar-refractivity contribution in [1.29, 1.82) is 0 Å². The molecular weight excluding hydrogens is 1190 g/mol. The summed E-state index contributed by atoms with van der Waals surface area (Å²) in [6, 6.07) is 54.4. The van der Waals surface area contributed by atoms with Gasteiger partial charge in [-0.3, -0.25) is 0 Å². The molecule has 412 valence electrons. The Labute approximate surface area is 521 Å². The summed E-state index contributed by atoms with van der Waals surface area (Å²) in [5.74, 6) is 0. The first-order valence-corrected chi connectivity index (χ1v) is 34.3. The van der Waals surface area contributed by atoms with Gasteiger partial charge in [0.15, 0.2) is 0 Å². The third-order valence-corrected chi connectivity index (χ3v) is 30.1. The van der Waals surface area contributed by atoms with E-state index in [1.807, 2.05) is 0 Å². The summed E-state index contributed by atoms with van der Waals surface area (Å²) in [4.78, 5) is 0. The normalized spacial score (nSPS) is 15.8. The van der Waals surface area contributed by atoms with Crippen molar-refractivity contribution in [2.24, 2.45) is 0 Å². The molecule has 0 saturated heterocycles. The van der Waals surface area contributed by atoms with E-state index in [1.165, 1.54) is 94.5 Å². The van der Waals surface area contributed by atoms with E-state index >= 15 is 0 Å². The van der Waals surface area contributed by atoms with Crippen LogP contribution < -0.4 is 46.0 Å². The summed E-state index contributed by atoms with van der Waals surface area (Å²) in [7, 11) is -0.101. The Kier molecular flexibility index (Phi) is 36.2. The van der Waals surface area contributed by atoms with Crippen LogP contribution in [-0.4, -0.2) is 45.3 Å². The first kappa shape index (κ1) is 73.4. The third kappa shape index (κ3) is 19.8. The van der Waals surface area contributed by atoms with Gasteiger partial charge < -0.3 is 24.8 Å². The van der Waals surface area contributed by atoms with Crippen molar-refractivity contribution in [1.82, 2.24) is 0 Å². The molecule has 76 heavy (non-hydrogen) atoms. The SMILES string of the molecule is CCC(C)P(c1cc2ccccc2[cH-]1)C(C)CC.CCC(C)P(c1cc2ccccc2[cH-]1)C(C)CC.CCC(C)P(c1cc2ccccc2[cH-]1)C(C)CC.CCC(C)P(c1cc2ccccc2[cH-]1)C(C)CC.[Cl-].[Cl-].[Zr+2].[Zr+2]. The number of halogens is 2. The summed E-state index contributed by atoms with van der Waals surface area (Å²) in [6.07, 6.45) is 10.3. The minimum Gasteiger partial charge on any atom is -1.00 e. The minimum atomic E-state index is -0.0252. The fourth-order valence-electron chi connectivity index (χ4n) is 10.5. The van der Waals surface area contributed by atoms with E-state index < -0.39 is 0 Å². The van der Waals surface area contributed by atoms with Crippen LogP contribution in [-0.2, 0) is 52.4 Å². The zero-order valence-electron chi connectivity index (χ0n) is 49.7. The van der Waals surface area contributed by atoms with Crippen LogP contribution in [0.3, 0.4) is 0 Å². The van der Waals surface area contributed by atoms with Crippen LogP contribution in [0.15, 0.2) is 146 Å². The van der Waals surface area contributed by atoms with Crippen molar-refractivity contribution in [2.75, 3.05) is 0 Å². The number of hydrogen-bond donors (Lipinski definition) is 0. The van der Waals surface area contributed by atoms with Crippen molar-refractivity contribution >= 4 is 96.0 Å². The number of fused-ring (bicyclic) bond motifs is 4. The molecule has 0 aliphatic carbocycles. The van der Waals surface area contributed by atoms with Gasteiger partial charge in [0.25, 0.3) is 0 Å². The van der Waals surface area contributed by atoms with E-state index in [9.17, 15) is 0 Å². The molecule has 0 radical (unpaired) electrons. The zero-order valence-corrected chi connectivity index (χ0v) is 59.7. The van der Waals surface area contributed by atoms with Gasteiger partial charge in [-0.1, -0.05) is 167 Å². The Morgan fingerprint density at radius 2 is 0.421 bits per heavy atom. The van der Waals surface area contributed by atoms with Gasteiger partial charge in [-0.15, -0.1) is 161 Å². The second-order valence-electron chi connectivity index (χ2n) is 21.1. The van der Waals surface area contributed by atoms with Crippen molar-refractivity contribution in [3.63, 3.8) is 0 Å². The first-order valence-electron chi connectivity index (χ1n) is 28.4. The van der Waals surface area contributed by atoms with Gasteiger partial charge in [-0.25, -0.2) is 0 Å². The van der Waals surface area contributed by atoms with Crippen molar-refractivity contribution in [2.45, 2.75) is 207 Å². The van der Waals surface area contributed by atoms with Crippen LogP contribution in [0.1, 0.15) is 162 Å². The monoisotopic (exact) mass is 1290 g/mol. The van der Waals surface area contributed by atoms with Gasteiger partial charge in [-0.2, -0.15) is 24.3 Å². The van der Waals surface area contributed by atoms with Gasteiger partial charge in [0, 0.05) is 0 Å². The number of rotatable bonds is 20. The molecule has 0 aliphatic heterocycles. The van der Waals surface area contributed by atoms with E-state index in [4.69, 9.17) is 0 Å². The molecule has 8 heteroatoms. The molecule has 8 rings (SSSR count). The molecule has 8 atom stereocenters. The van der Waals surface area contributed by atoms with Crippen LogP contribution in [0.5, 0.6) is 0 Å². The Hall–Kier alpha value is -0.614. The van der Waals surface area contributed by atoms with Crippen LogP contribution in [0.2, 0.25) is 0 Å². The van der Waals surface area contributed by atoms with Crippen LogP contribution in [0.4, 0.5) is 0 Å². The maximum absolute atomic E-state index is 2.43. The Morgan fingerprint density at radius 1 is 0.276 bits per heavy atom. The van der Waals surface area contributed by atoms with Crippen LogP contribution in [0.25, 0.3) is 43.1 Å². The van der Waals surface area contributed by atoms with Gasteiger partial charge in [0.1, 0.15) is 0 Å². The van der Waals surface area contributed by atoms with Gasteiger partial charge in [-0.05, 0) is 96.6 Å². The van der Waals surface area contributed by atoms with Crippen LogP contribution in [0, 0.1) is 0 Å². The van der Waals surface area contributed by atoms with E-state index in [0.717, 1.165) is 45.3 Å². The standard InChI is InChI=1S/4C17H24P.2ClH.2Zr/c4*1-5-13(3)18(14(4)6-2)17-11-15-9-7-8-10-16(15)12-17;;;;/h4*7-14H,5-6H2,1-4H3;2*1H;;/q4*-1;;;2*+2/p-2. The second-order valence-corrected chi connectivity index (χ2v) is 33.4. The summed E-state index contributed by atoms with van der Waals surface area (Å²) in [5.41, 5.74) is 6.61. The molecule has 8 unspecified atom stereocenters. The molecule has 0 spiro atoms. The minimum absolute atomic E-state index is 0. The summed E-state index contributed by atoms with van der Waals surface area (Å²) < 4.78 is 0. The molecule has 0 amide bonds. The topological polar surface area (TPSA) is 0 Å². The van der Waals surface area contributed by atoms with E-state index in [-0.39, 0.29) is 109 Å². The predicted octanol–water partition coefficient (Wildman–Crippen LogP) is 15.1. The molecule has 0 nitrogen and oxygen atoms in total. The van der Waals surface area contributed by atoms with Crippen LogP contribution >= 0.6 is 31.7 Å². The van der Waals surface area contributed by atoms with E-state index in [0.29, 0.717) is 0 Å². The molecule has 8 aromatic rings. The molecule has 8 aromatic carbocycles. The smallest absolute Gasteiger partial charge is 1.00 e. The summed E-state index contributed by atoms with van der Waals surface area (Å²) in [5, 5.41) is 17.7. The molecule has 0 saturated carbocycles. The Bertz CT molecular complexity index is 2220. The van der Waals surface area contributed by atoms with Crippen molar-refractivity contribution < 1.29 is 77.2 Å². The van der Waals surface area contributed by atoms with E-state index in [1.54, 1.807) is 21.2 Å². The Balaban J connectivity index is 0.000000498. The van der Waals surface area contributed by atoms with Gasteiger partial charge in [0.05, 0.1) is 0 Å². The Morgan fingerprint density at radius 3 is 0.553 bits per heavy atom. The second kappa shape index (κ2) is 37.5. The molecular formula is C68H96Cl2P4Zr2-2. The largest absolute Gasteiger partial charge is 2.00 e. The molecule has 0 aromatic heterocycles. The zero-order chi connectivity index (χ0) is 52.5. The first-order chi connectivity index (χ1) is 34.7. The molecule has 0 bridgehead atoms. The molecule has 0 fully saturated rings. The quantitative estimate of drug-likeness (QED) is 0.0527. The summed E-state index contributed by atoms with van der Waals surface area (Å²) in [6.45, 7) is 38.0.